The third kappa shape index (κ3) is 8.69. The van der Waals surface area contributed by atoms with Gasteiger partial charge in [-0.1, -0.05) is 0 Å². The molecule has 0 aromatic heterocycles. The van der Waals surface area contributed by atoms with Gasteiger partial charge in [-0.3, -0.25) is 0 Å². The van der Waals surface area contributed by atoms with Crippen LogP contribution in [0.2, 0.25) is 22.9 Å². The molecule has 0 aliphatic carbocycles. The zero-order chi connectivity index (χ0) is 22.9. The molecule has 0 bridgehead atoms. The second kappa shape index (κ2) is 12.2. The fourth-order valence-electron chi connectivity index (χ4n) is 3.25. The van der Waals surface area contributed by atoms with Crippen LogP contribution in [0.5, 0.6) is 0 Å². The van der Waals surface area contributed by atoms with Gasteiger partial charge in [0.15, 0.2) is 0 Å². The van der Waals surface area contributed by atoms with E-state index in [-0.39, 0.29) is 10.8 Å². The second-order valence-corrected chi connectivity index (χ2v) is 18.2. The standard InChI is InChI=1S/C27H40O2SeSi/c1-22(15-13-14-20-29-31(5,6)27(2,3)4)30-26(24-18-11-8-12-19-24)21-25(28)23-16-9-7-10-17-23/h7-12,16-19,22,26H,13-15,20-21H2,1-6H3. The van der Waals surface area contributed by atoms with E-state index in [2.05, 4.69) is 71.1 Å². The number of ketones is 1. The molecule has 0 amide bonds. The Hall–Kier alpha value is -1.19. The molecular weight excluding hydrogens is 463 g/mol. The summed E-state index contributed by atoms with van der Waals surface area (Å²) in [5.41, 5.74) is 2.13. The molecule has 0 fully saturated rings. The molecule has 0 heterocycles. The number of rotatable bonds is 12. The fraction of sp³-hybridized carbons (Fsp3) is 0.519. The van der Waals surface area contributed by atoms with Crippen molar-refractivity contribution >= 4 is 29.1 Å². The maximum absolute atomic E-state index is 12.9. The molecule has 2 rings (SSSR count). The number of unbranched alkanes of at least 4 members (excludes halogenated alkanes) is 1. The summed E-state index contributed by atoms with van der Waals surface area (Å²) < 4.78 is 6.33. The monoisotopic (exact) mass is 504 g/mol. The summed E-state index contributed by atoms with van der Waals surface area (Å²) in [6.45, 7) is 14.8. The summed E-state index contributed by atoms with van der Waals surface area (Å²) in [4.78, 5) is 13.9. The average molecular weight is 504 g/mol. The van der Waals surface area contributed by atoms with E-state index in [0.717, 1.165) is 18.6 Å². The molecule has 2 nitrogen and oxygen atoms in total. The molecule has 0 radical (unpaired) electrons. The number of hydrogen-bond donors (Lipinski definition) is 0. The maximum atomic E-state index is 12.9. The first-order chi connectivity index (χ1) is 14.6. The molecule has 0 saturated heterocycles. The van der Waals surface area contributed by atoms with Crippen LogP contribution >= 0.6 is 0 Å². The molecule has 2 atom stereocenters. The Balaban J connectivity index is 1.87. The Labute approximate surface area is 197 Å². The molecule has 2 aromatic carbocycles. The SMILES string of the molecule is CC(CCCCO[Si](C)(C)C(C)(C)C)[Se]C(CC(=O)c1ccccc1)c1ccccc1. The molecule has 0 saturated carbocycles. The Bertz CT molecular complexity index is 784. The van der Waals surface area contributed by atoms with Crippen molar-refractivity contribution in [2.45, 2.75) is 81.1 Å². The van der Waals surface area contributed by atoms with Crippen molar-refractivity contribution in [1.29, 1.82) is 0 Å². The van der Waals surface area contributed by atoms with Gasteiger partial charge in [-0.2, -0.15) is 0 Å². The van der Waals surface area contributed by atoms with Crippen LogP contribution in [0.3, 0.4) is 0 Å². The van der Waals surface area contributed by atoms with Crippen molar-refractivity contribution in [2.75, 3.05) is 6.61 Å². The summed E-state index contributed by atoms with van der Waals surface area (Å²) in [6.07, 6.45) is 4.15. The zero-order valence-corrected chi connectivity index (χ0v) is 22.9. The van der Waals surface area contributed by atoms with E-state index in [0.29, 0.717) is 31.0 Å². The van der Waals surface area contributed by atoms with Gasteiger partial charge >= 0.3 is 198 Å². The molecule has 0 spiro atoms. The van der Waals surface area contributed by atoms with Gasteiger partial charge in [0, 0.05) is 0 Å². The number of Topliss-reactive ketones (excluding diaryl/α,β-unsaturated/α-hetero) is 1. The average Bonchev–Trinajstić information content (AvgIpc) is 2.73. The second-order valence-electron chi connectivity index (χ2n) is 9.94. The Kier molecular flexibility index (Phi) is 10.2. The molecule has 0 aliphatic heterocycles. The van der Waals surface area contributed by atoms with Crippen molar-refractivity contribution in [3.63, 3.8) is 0 Å². The van der Waals surface area contributed by atoms with Crippen molar-refractivity contribution in [3.8, 4) is 0 Å². The van der Waals surface area contributed by atoms with E-state index in [9.17, 15) is 4.79 Å². The quantitative estimate of drug-likeness (QED) is 0.168. The fourth-order valence-corrected chi connectivity index (χ4v) is 7.33. The van der Waals surface area contributed by atoms with Gasteiger partial charge in [0.25, 0.3) is 0 Å². The van der Waals surface area contributed by atoms with Crippen LogP contribution in [0, 0.1) is 0 Å². The van der Waals surface area contributed by atoms with Crippen molar-refractivity contribution in [3.05, 3.63) is 71.8 Å². The normalized spacial score (nSPS) is 14.3. The van der Waals surface area contributed by atoms with Crippen LogP contribution in [0.25, 0.3) is 0 Å². The van der Waals surface area contributed by atoms with Gasteiger partial charge in [-0.05, 0) is 0 Å². The van der Waals surface area contributed by atoms with Crippen LogP contribution in [-0.4, -0.2) is 35.7 Å². The van der Waals surface area contributed by atoms with Crippen molar-refractivity contribution in [1.82, 2.24) is 0 Å². The molecule has 0 aliphatic rings. The number of carbonyl (C=O) groups is 1. The van der Waals surface area contributed by atoms with E-state index < -0.39 is 8.32 Å². The summed E-state index contributed by atoms with van der Waals surface area (Å²) >= 11 is 0.381. The van der Waals surface area contributed by atoms with E-state index >= 15 is 0 Å². The molecule has 2 aromatic rings. The van der Waals surface area contributed by atoms with Crippen LogP contribution in [0.15, 0.2) is 60.7 Å². The van der Waals surface area contributed by atoms with E-state index in [1.807, 2.05) is 30.3 Å². The molecule has 31 heavy (non-hydrogen) atoms. The summed E-state index contributed by atoms with van der Waals surface area (Å²) in [5, 5.41) is 0.275. The molecular formula is C27H40O2SeSi. The first-order valence-electron chi connectivity index (χ1n) is 11.5. The Morgan fingerprint density at radius 1 is 0.968 bits per heavy atom. The number of carbonyl (C=O) groups excluding carboxylic acids is 1. The van der Waals surface area contributed by atoms with Crippen LogP contribution < -0.4 is 0 Å². The van der Waals surface area contributed by atoms with Crippen molar-refractivity contribution in [2.24, 2.45) is 0 Å². The summed E-state index contributed by atoms with van der Waals surface area (Å²) in [6, 6.07) is 20.3. The third-order valence-electron chi connectivity index (χ3n) is 6.31. The van der Waals surface area contributed by atoms with Gasteiger partial charge in [0.05, 0.1) is 0 Å². The van der Waals surface area contributed by atoms with Gasteiger partial charge in [-0.15, -0.1) is 0 Å². The van der Waals surface area contributed by atoms with Gasteiger partial charge < -0.3 is 0 Å². The first kappa shape index (κ1) is 26.1. The topological polar surface area (TPSA) is 26.3 Å². The Morgan fingerprint density at radius 2 is 1.55 bits per heavy atom. The zero-order valence-electron chi connectivity index (χ0n) is 20.2. The Morgan fingerprint density at radius 3 is 2.13 bits per heavy atom. The number of hydrogen-bond acceptors (Lipinski definition) is 2. The molecule has 0 N–H and O–H groups in total. The minimum atomic E-state index is -1.64. The predicted molar refractivity (Wildman–Crippen MR) is 137 cm³/mol. The first-order valence-corrected chi connectivity index (χ1v) is 16.4. The van der Waals surface area contributed by atoms with Gasteiger partial charge in [0.2, 0.25) is 0 Å². The van der Waals surface area contributed by atoms with E-state index in [1.54, 1.807) is 0 Å². The third-order valence-corrected chi connectivity index (χ3v) is 13.9. The van der Waals surface area contributed by atoms with Crippen LogP contribution in [0.1, 0.15) is 74.1 Å². The predicted octanol–water partition coefficient (Wildman–Crippen LogP) is 7.71. The van der Waals surface area contributed by atoms with Gasteiger partial charge in [-0.25, -0.2) is 0 Å². The number of benzene rings is 2. The summed E-state index contributed by atoms with van der Waals surface area (Å²) in [7, 11) is -1.64. The van der Waals surface area contributed by atoms with Crippen LogP contribution in [-0.2, 0) is 4.43 Å². The van der Waals surface area contributed by atoms with E-state index in [1.165, 1.54) is 18.4 Å². The van der Waals surface area contributed by atoms with Crippen LogP contribution in [0.4, 0.5) is 0 Å². The van der Waals surface area contributed by atoms with Crippen molar-refractivity contribution < 1.29 is 9.22 Å². The molecule has 2 unspecified atom stereocenters. The van der Waals surface area contributed by atoms with Gasteiger partial charge in [0.1, 0.15) is 0 Å². The minimum absolute atomic E-state index is 0.256. The van der Waals surface area contributed by atoms with E-state index in [4.69, 9.17) is 4.43 Å². The molecule has 4 heteroatoms. The summed E-state index contributed by atoms with van der Waals surface area (Å²) in [5.74, 6) is 0.256. The molecule has 170 valence electrons.